The number of nitrogens with one attached hydrogen (secondary N) is 1. The molecule has 0 saturated heterocycles. The number of amides is 1. The lowest BCUT2D eigenvalue weighted by molar-refractivity contribution is -0.145. The number of hydrogen-bond donors (Lipinski definition) is 1. The maximum atomic E-state index is 12.4. The summed E-state index contributed by atoms with van der Waals surface area (Å²) in [6, 6.07) is 6.97. The van der Waals surface area contributed by atoms with Crippen LogP contribution in [0.5, 0.6) is 0 Å². The van der Waals surface area contributed by atoms with Crippen LogP contribution in [0.2, 0.25) is 5.02 Å². The Hall–Kier alpha value is -2.38. The first-order valence-corrected chi connectivity index (χ1v) is 9.22. The minimum absolute atomic E-state index is 0.194. The second kappa shape index (κ2) is 9.35. The van der Waals surface area contributed by atoms with Crippen LogP contribution in [-0.4, -0.2) is 31.1 Å². The Bertz CT molecular complexity index is 800. The van der Waals surface area contributed by atoms with E-state index in [1.807, 2.05) is 0 Å². The summed E-state index contributed by atoms with van der Waals surface area (Å²) >= 11 is 7.09. The number of hydrogen-bond acceptors (Lipinski definition) is 6. The van der Waals surface area contributed by atoms with Gasteiger partial charge in [0.2, 0.25) is 5.91 Å². The topological polar surface area (TPSA) is 81.7 Å². The molecule has 1 heterocycles. The molecule has 0 fully saturated rings. The molecule has 26 heavy (non-hydrogen) atoms. The van der Waals surface area contributed by atoms with Crippen LogP contribution in [0.1, 0.15) is 30.6 Å². The molecule has 1 aromatic heterocycles. The van der Waals surface area contributed by atoms with Gasteiger partial charge in [-0.05, 0) is 31.5 Å². The van der Waals surface area contributed by atoms with Crippen molar-refractivity contribution in [3.63, 3.8) is 0 Å². The highest BCUT2D eigenvalue weighted by Gasteiger charge is 2.23. The lowest BCUT2D eigenvalue weighted by atomic mass is 10.0. The molecule has 2 rings (SSSR count). The number of halogens is 1. The molecule has 1 amide bonds. The van der Waals surface area contributed by atoms with Crippen LogP contribution in [-0.2, 0) is 19.1 Å². The number of ether oxygens (including phenoxy) is 2. The number of benzene rings is 1. The molecule has 8 heteroatoms. The summed E-state index contributed by atoms with van der Waals surface area (Å²) in [4.78, 5) is 35.9. The van der Waals surface area contributed by atoms with Crippen LogP contribution in [0.15, 0.2) is 29.6 Å². The van der Waals surface area contributed by atoms with Crippen LogP contribution in [0.25, 0.3) is 11.1 Å². The third kappa shape index (κ3) is 5.06. The number of rotatable bonds is 7. The summed E-state index contributed by atoms with van der Waals surface area (Å²) in [7, 11) is 0. The fourth-order valence-electron chi connectivity index (χ4n) is 2.21. The molecule has 0 unspecified atom stereocenters. The van der Waals surface area contributed by atoms with Crippen molar-refractivity contribution in [3.8, 4) is 11.1 Å². The summed E-state index contributed by atoms with van der Waals surface area (Å²) < 4.78 is 9.86. The molecule has 6 nitrogen and oxygen atoms in total. The SMILES string of the molecule is CCOC(=O)CC(=O)Nc1scc(-c2ccc(Cl)cc2)c1C(=O)OCC. The van der Waals surface area contributed by atoms with Gasteiger partial charge in [-0.1, -0.05) is 23.7 Å². The van der Waals surface area contributed by atoms with Crippen LogP contribution in [0.3, 0.4) is 0 Å². The first kappa shape index (κ1) is 19.9. The zero-order valence-corrected chi connectivity index (χ0v) is 15.9. The van der Waals surface area contributed by atoms with Crippen molar-refractivity contribution in [2.24, 2.45) is 0 Å². The van der Waals surface area contributed by atoms with E-state index in [1.165, 1.54) is 11.3 Å². The Morgan fingerprint density at radius 1 is 1.08 bits per heavy atom. The van der Waals surface area contributed by atoms with Gasteiger partial charge in [-0.25, -0.2) is 4.79 Å². The standard InChI is InChI=1S/C18H18ClNO5S/c1-3-24-15(22)9-14(21)20-17-16(18(23)25-4-2)13(10-26-17)11-5-7-12(19)8-6-11/h5-8,10H,3-4,9H2,1-2H3,(H,20,21). The number of anilines is 1. The van der Waals surface area contributed by atoms with E-state index in [2.05, 4.69) is 5.32 Å². The van der Waals surface area contributed by atoms with Gasteiger partial charge in [0.1, 0.15) is 17.0 Å². The monoisotopic (exact) mass is 395 g/mol. The molecule has 0 aliphatic heterocycles. The third-order valence-electron chi connectivity index (χ3n) is 3.29. The van der Waals surface area contributed by atoms with E-state index < -0.39 is 24.3 Å². The normalized spacial score (nSPS) is 10.3. The molecule has 0 aliphatic carbocycles. The highest BCUT2D eigenvalue weighted by Crippen LogP contribution is 2.36. The number of carbonyl (C=O) groups is 3. The summed E-state index contributed by atoms with van der Waals surface area (Å²) in [6.45, 7) is 3.75. The molecule has 0 radical (unpaired) electrons. The average molecular weight is 396 g/mol. The quantitative estimate of drug-likeness (QED) is 0.562. The minimum atomic E-state index is -0.628. The van der Waals surface area contributed by atoms with Gasteiger partial charge in [0.25, 0.3) is 0 Å². The van der Waals surface area contributed by atoms with E-state index in [9.17, 15) is 14.4 Å². The first-order valence-electron chi connectivity index (χ1n) is 7.96. The van der Waals surface area contributed by atoms with E-state index in [-0.39, 0.29) is 18.8 Å². The predicted octanol–water partition coefficient (Wildman–Crippen LogP) is 4.14. The first-order chi connectivity index (χ1) is 12.5. The number of carbonyl (C=O) groups excluding carboxylic acids is 3. The van der Waals surface area contributed by atoms with E-state index in [0.29, 0.717) is 15.6 Å². The molecule has 0 spiro atoms. The Labute approximate surface area is 160 Å². The van der Waals surface area contributed by atoms with Crippen molar-refractivity contribution in [2.75, 3.05) is 18.5 Å². The van der Waals surface area contributed by atoms with Crippen molar-refractivity contribution in [2.45, 2.75) is 20.3 Å². The number of thiophene rings is 1. The smallest absolute Gasteiger partial charge is 0.341 e. The summed E-state index contributed by atoms with van der Waals surface area (Å²) in [5, 5.41) is 5.23. The van der Waals surface area contributed by atoms with Gasteiger partial charge in [0.15, 0.2) is 0 Å². The second-order valence-electron chi connectivity index (χ2n) is 5.11. The zero-order valence-electron chi connectivity index (χ0n) is 14.3. The Morgan fingerprint density at radius 3 is 2.35 bits per heavy atom. The van der Waals surface area contributed by atoms with Gasteiger partial charge in [0.05, 0.1) is 13.2 Å². The molecule has 2 aromatic rings. The lowest BCUT2D eigenvalue weighted by Crippen LogP contribution is -2.19. The highest BCUT2D eigenvalue weighted by atomic mass is 35.5. The molecule has 0 bridgehead atoms. The van der Waals surface area contributed by atoms with Crippen molar-refractivity contribution >= 4 is 45.8 Å². The molecule has 0 aliphatic rings. The number of esters is 2. The molecule has 1 N–H and O–H groups in total. The van der Waals surface area contributed by atoms with Crippen molar-refractivity contribution < 1.29 is 23.9 Å². The fraction of sp³-hybridized carbons (Fsp3) is 0.278. The summed E-state index contributed by atoms with van der Waals surface area (Å²) in [5.74, 6) is -1.74. The summed E-state index contributed by atoms with van der Waals surface area (Å²) in [6.07, 6.45) is -0.426. The van der Waals surface area contributed by atoms with Gasteiger partial charge < -0.3 is 14.8 Å². The van der Waals surface area contributed by atoms with Gasteiger partial charge in [-0.3, -0.25) is 9.59 Å². The van der Waals surface area contributed by atoms with Gasteiger partial charge >= 0.3 is 11.9 Å². The summed E-state index contributed by atoms with van der Waals surface area (Å²) in [5.41, 5.74) is 1.63. The van der Waals surface area contributed by atoms with E-state index in [4.69, 9.17) is 21.1 Å². The zero-order chi connectivity index (χ0) is 19.1. The molecule has 1 aromatic carbocycles. The van der Waals surface area contributed by atoms with Crippen LogP contribution in [0, 0.1) is 0 Å². The van der Waals surface area contributed by atoms with E-state index in [0.717, 1.165) is 5.56 Å². The minimum Gasteiger partial charge on any atom is -0.466 e. The fourth-order valence-corrected chi connectivity index (χ4v) is 3.31. The average Bonchev–Trinajstić information content (AvgIpc) is 2.99. The van der Waals surface area contributed by atoms with E-state index >= 15 is 0 Å². The van der Waals surface area contributed by atoms with Gasteiger partial charge in [0, 0.05) is 16.0 Å². The van der Waals surface area contributed by atoms with Crippen molar-refractivity contribution in [1.82, 2.24) is 0 Å². The molecule has 0 saturated carbocycles. The van der Waals surface area contributed by atoms with Crippen molar-refractivity contribution in [1.29, 1.82) is 0 Å². The Kier molecular flexibility index (Phi) is 7.17. The van der Waals surface area contributed by atoms with Crippen LogP contribution < -0.4 is 5.32 Å². The molecular weight excluding hydrogens is 378 g/mol. The predicted molar refractivity (Wildman–Crippen MR) is 101 cm³/mol. The van der Waals surface area contributed by atoms with Crippen LogP contribution in [0.4, 0.5) is 5.00 Å². The molecular formula is C18H18ClNO5S. The van der Waals surface area contributed by atoms with Gasteiger partial charge in [-0.2, -0.15) is 0 Å². The molecule has 0 atom stereocenters. The lowest BCUT2D eigenvalue weighted by Gasteiger charge is -2.09. The maximum Gasteiger partial charge on any atom is 0.341 e. The van der Waals surface area contributed by atoms with Crippen LogP contribution >= 0.6 is 22.9 Å². The Balaban J connectivity index is 2.31. The highest BCUT2D eigenvalue weighted by molar-refractivity contribution is 7.15. The largest absolute Gasteiger partial charge is 0.466 e. The van der Waals surface area contributed by atoms with E-state index in [1.54, 1.807) is 43.5 Å². The molecule has 138 valence electrons. The maximum absolute atomic E-state index is 12.4. The second-order valence-corrected chi connectivity index (χ2v) is 6.43. The van der Waals surface area contributed by atoms with Crippen molar-refractivity contribution in [3.05, 3.63) is 40.2 Å². The Morgan fingerprint density at radius 2 is 1.73 bits per heavy atom. The van der Waals surface area contributed by atoms with Gasteiger partial charge in [-0.15, -0.1) is 11.3 Å². The third-order valence-corrected chi connectivity index (χ3v) is 4.44.